The third kappa shape index (κ3) is 11.7. The maximum atomic E-state index is 9.75. The van der Waals surface area contributed by atoms with Gasteiger partial charge in [-0.15, -0.1) is 0 Å². The lowest BCUT2D eigenvalue weighted by Crippen LogP contribution is -2.02. The highest BCUT2D eigenvalue weighted by Gasteiger charge is 2.20. The van der Waals surface area contributed by atoms with Crippen molar-refractivity contribution in [2.45, 2.75) is 6.92 Å². The van der Waals surface area contributed by atoms with Gasteiger partial charge in [0, 0.05) is 11.6 Å². The Hall–Kier alpha value is -1.07. The van der Waals surface area contributed by atoms with Gasteiger partial charge in [0.15, 0.2) is 12.4 Å². The summed E-state index contributed by atoms with van der Waals surface area (Å²) in [4.78, 5) is 2.96. The highest BCUT2D eigenvalue weighted by atomic mass is 19.5. The summed E-state index contributed by atoms with van der Waals surface area (Å²) in [6, 6.07) is 4.03. The van der Waals surface area contributed by atoms with Gasteiger partial charge in [-0.3, -0.25) is 0 Å². The zero-order valence-corrected chi connectivity index (χ0v) is 6.40. The molecule has 12 heavy (non-hydrogen) atoms. The summed E-state index contributed by atoms with van der Waals surface area (Å²) in [6.07, 6.45) is 3.85. The molecule has 1 rings (SSSR count). The molecule has 0 radical (unpaired) electrons. The van der Waals surface area contributed by atoms with Crippen LogP contribution in [0, 0.1) is 6.92 Å². The van der Waals surface area contributed by atoms with Gasteiger partial charge in [0.2, 0.25) is 0 Å². The first kappa shape index (κ1) is 10.9. The van der Waals surface area contributed by atoms with Gasteiger partial charge in [-0.25, -0.2) is 4.98 Å². The van der Waals surface area contributed by atoms with E-state index < -0.39 is 7.25 Å². The van der Waals surface area contributed by atoms with E-state index in [1.54, 1.807) is 0 Å². The second-order valence-corrected chi connectivity index (χ2v) is 2.08. The first-order chi connectivity index (χ1) is 5.39. The van der Waals surface area contributed by atoms with E-state index in [2.05, 4.69) is 18.0 Å². The smallest absolute Gasteiger partial charge is 0.418 e. The predicted molar refractivity (Wildman–Crippen MR) is 37.9 cm³/mol. The first-order valence-electron chi connectivity index (χ1n) is 3.19. The highest BCUT2D eigenvalue weighted by Crippen LogP contribution is 2.06. The Bertz CT molecular complexity index is 205. The van der Waals surface area contributed by atoms with Crippen molar-refractivity contribution in [1.82, 2.24) is 0 Å². The zero-order chi connectivity index (χ0) is 9.61. The number of aryl methyl sites for hydroxylation is 1. The number of nitrogens with one attached hydrogen (secondary N) is 1. The van der Waals surface area contributed by atoms with Crippen molar-refractivity contribution in [2.24, 2.45) is 0 Å². The van der Waals surface area contributed by atoms with E-state index in [0.29, 0.717) is 0 Å². The fourth-order valence-corrected chi connectivity index (χ4v) is 0.483. The van der Waals surface area contributed by atoms with Crippen molar-refractivity contribution in [3.05, 3.63) is 30.1 Å². The summed E-state index contributed by atoms with van der Waals surface area (Å²) in [7, 11) is -6.00. The number of halogens is 4. The summed E-state index contributed by atoms with van der Waals surface area (Å²) in [5.41, 5.74) is 1.27. The second-order valence-electron chi connectivity index (χ2n) is 2.08. The van der Waals surface area contributed by atoms with E-state index in [4.69, 9.17) is 0 Å². The maximum Gasteiger partial charge on any atom is 0.673 e. The van der Waals surface area contributed by atoms with Gasteiger partial charge in [-0.2, -0.15) is 0 Å². The lowest BCUT2D eigenvalue weighted by Gasteiger charge is -1.94. The minimum atomic E-state index is -6.00. The number of H-pyrrole nitrogens is 1. The van der Waals surface area contributed by atoms with E-state index in [0.717, 1.165) is 0 Å². The van der Waals surface area contributed by atoms with Crippen molar-refractivity contribution >= 4 is 7.25 Å². The van der Waals surface area contributed by atoms with Gasteiger partial charge in [0.1, 0.15) is 0 Å². The molecule has 0 saturated carbocycles. The molecule has 68 valence electrons. The van der Waals surface area contributed by atoms with E-state index in [-0.39, 0.29) is 0 Å². The van der Waals surface area contributed by atoms with Gasteiger partial charge in [0.05, 0.1) is 0 Å². The minimum Gasteiger partial charge on any atom is -0.418 e. The summed E-state index contributed by atoms with van der Waals surface area (Å²) >= 11 is 0. The number of hydrogen-bond acceptors (Lipinski definition) is 0. The monoisotopic (exact) mass is 181 g/mol. The molecule has 0 aliphatic heterocycles. The lowest BCUT2D eigenvalue weighted by atomic mass is 10.3. The SMILES string of the molecule is Cc1ccc[nH+]c1.F[B-](F)(F)F. The molecule has 1 heterocycles. The van der Waals surface area contributed by atoms with E-state index in [1.165, 1.54) is 5.56 Å². The average Bonchev–Trinajstić information content (AvgIpc) is 1.85. The third-order valence-corrected chi connectivity index (χ3v) is 0.863. The zero-order valence-electron chi connectivity index (χ0n) is 6.40. The molecule has 0 spiro atoms. The van der Waals surface area contributed by atoms with Crippen molar-refractivity contribution in [3.63, 3.8) is 0 Å². The number of aromatic amines is 1. The van der Waals surface area contributed by atoms with Gasteiger partial charge < -0.3 is 17.3 Å². The molecule has 0 bridgehead atoms. The van der Waals surface area contributed by atoms with E-state index in [1.807, 2.05) is 18.5 Å². The van der Waals surface area contributed by atoms with Crippen LogP contribution >= 0.6 is 0 Å². The van der Waals surface area contributed by atoms with Crippen LogP contribution in [0.3, 0.4) is 0 Å². The van der Waals surface area contributed by atoms with E-state index >= 15 is 0 Å². The third-order valence-electron chi connectivity index (χ3n) is 0.863. The van der Waals surface area contributed by atoms with Gasteiger partial charge in [-0.1, -0.05) is 0 Å². The number of aromatic nitrogens is 1. The quantitative estimate of drug-likeness (QED) is 0.429. The molecule has 0 aromatic carbocycles. The number of hydrogen-bond donors (Lipinski definition) is 0. The summed E-state index contributed by atoms with van der Waals surface area (Å²) in [5.74, 6) is 0. The van der Waals surface area contributed by atoms with Crippen molar-refractivity contribution in [2.75, 3.05) is 0 Å². The van der Waals surface area contributed by atoms with E-state index in [9.17, 15) is 17.3 Å². The van der Waals surface area contributed by atoms with Crippen molar-refractivity contribution < 1.29 is 22.2 Å². The maximum absolute atomic E-state index is 9.75. The van der Waals surface area contributed by atoms with Crippen LogP contribution < -0.4 is 4.98 Å². The molecule has 0 saturated heterocycles. The second kappa shape index (κ2) is 4.74. The summed E-state index contributed by atoms with van der Waals surface area (Å²) < 4.78 is 39.0. The van der Waals surface area contributed by atoms with Crippen LogP contribution in [0.5, 0.6) is 0 Å². The Balaban J connectivity index is 0.000000217. The van der Waals surface area contributed by atoms with Crippen LogP contribution in [-0.4, -0.2) is 7.25 Å². The Labute approximate surface area is 67.5 Å². The molecule has 1 N–H and O–H groups in total. The molecule has 0 amide bonds. The van der Waals surface area contributed by atoms with Crippen molar-refractivity contribution in [3.8, 4) is 0 Å². The molecular formula is C6H8BF4N. The molecule has 0 unspecified atom stereocenters. The summed E-state index contributed by atoms with van der Waals surface area (Å²) in [6.45, 7) is 2.05. The fraction of sp³-hybridized carbons (Fsp3) is 0.167. The van der Waals surface area contributed by atoms with Crippen LogP contribution in [0.1, 0.15) is 5.56 Å². The Morgan fingerprint density at radius 2 is 1.75 bits per heavy atom. The molecule has 6 heteroatoms. The molecule has 1 aromatic heterocycles. The molecular weight excluding hydrogens is 173 g/mol. The molecule has 0 atom stereocenters. The van der Waals surface area contributed by atoms with Crippen LogP contribution in [-0.2, 0) is 0 Å². The first-order valence-corrected chi connectivity index (χ1v) is 3.19. The van der Waals surface area contributed by atoms with Gasteiger partial charge in [0.25, 0.3) is 0 Å². The van der Waals surface area contributed by atoms with Crippen LogP contribution in [0.15, 0.2) is 24.5 Å². The standard InChI is InChI=1S/C6H7N.BF4/c1-6-3-2-4-7-5-6;2-1(3,4)5/h2-5H,1H3;/q;-1/p+1. The van der Waals surface area contributed by atoms with Crippen molar-refractivity contribution in [1.29, 1.82) is 0 Å². The predicted octanol–water partition coefficient (Wildman–Crippen LogP) is 2.11. The molecule has 0 aliphatic carbocycles. The van der Waals surface area contributed by atoms with Crippen LogP contribution in [0.4, 0.5) is 17.3 Å². The number of rotatable bonds is 0. The van der Waals surface area contributed by atoms with Crippen LogP contribution in [0.25, 0.3) is 0 Å². The van der Waals surface area contributed by atoms with Gasteiger partial charge >= 0.3 is 7.25 Å². The Kier molecular flexibility index (Phi) is 4.32. The molecule has 1 nitrogen and oxygen atoms in total. The topological polar surface area (TPSA) is 14.1 Å². The average molecular weight is 181 g/mol. The molecule has 0 fully saturated rings. The lowest BCUT2D eigenvalue weighted by molar-refractivity contribution is -0.378. The largest absolute Gasteiger partial charge is 0.673 e. The number of pyridine rings is 1. The minimum absolute atomic E-state index is 1.27. The molecule has 1 aromatic rings. The normalized spacial score (nSPS) is 10.1. The molecule has 0 aliphatic rings. The van der Waals surface area contributed by atoms with Crippen LogP contribution in [0.2, 0.25) is 0 Å². The van der Waals surface area contributed by atoms with Gasteiger partial charge in [-0.05, 0) is 13.0 Å². The summed E-state index contributed by atoms with van der Waals surface area (Å²) in [5, 5.41) is 0. The fourth-order valence-electron chi connectivity index (χ4n) is 0.483. The Morgan fingerprint density at radius 1 is 1.25 bits per heavy atom. The highest BCUT2D eigenvalue weighted by molar-refractivity contribution is 6.50. The Morgan fingerprint density at radius 3 is 1.92 bits per heavy atom.